The van der Waals surface area contributed by atoms with Crippen LogP contribution in [0, 0.1) is 10.1 Å². The van der Waals surface area contributed by atoms with Crippen LogP contribution in [-0.2, 0) is 0 Å². The third kappa shape index (κ3) is 3.39. The first-order chi connectivity index (χ1) is 9.27. The van der Waals surface area contributed by atoms with Gasteiger partial charge < -0.3 is 14.7 Å². The van der Waals surface area contributed by atoms with Crippen molar-refractivity contribution < 1.29 is 14.8 Å². The van der Waals surface area contributed by atoms with E-state index in [1.54, 1.807) is 13.0 Å². The van der Waals surface area contributed by atoms with E-state index in [1.165, 1.54) is 12.1 Å². The molecule has 6 heteroatoms. The normalized spacial score (nSPS) is 22.4. The zero-order valence-corrected chi connectivity index (χ0v) is 12.0. The molecule has 1 atom stereocenters. The van der Waals surface area contributed by atoms with E-state index in [2.05, 4.69) is 0 Å². The minimum absolute atomic E-state index is 0.00435. The van der Waals surface area contributed by atoms with Crippen molar-refractivity contribution in [2.75, 3.05) is 18.0 Å². The predicted molar refractivity (Wildman–Crippen MR) is 76.3 cm³/mol. The number of ether oxygens (including phenoxy) is 1. The van der Waals surface area contributed by atoms with Crippen molar-refractivity contribution in [1.82, 2.24) is 0 Å². The second-order valence-corrected chi connectivity index (χ2v) is 5.78. The van der Waals surface area contributed by atoms with Gasteiger partial charge in [0, 0.05) is 30.9 Å². The second kappa shape index (κ2) is 5.28. The molecule has 0 aliphatic carbocycles. The summed E-state index contributed by atoms with van der Waals surface area (Å²) in [4.78, 5) is 12.5. The molecule has 0 radical (unpaired) electrons. The first-order valence-electron chi connectivity index (χ1n) is 6.70. The molecule has 0 bridgehead atoms. The molecule has 2 rings (SSSR count). The summed E-state index contributed by atoms with van der Waals surface area (Å²) >= 11 is 0. The summed E-state index contributed by atoms with van der Waals surface area (Å²) in [5.41, 5.74) is -0.0266. The van der Waals surface area contributed by atoms with Gasteiger partial charge in [-0.05, 0) is 27.2 Å². The lowest BCUT2D eigenvalue weighted by atomic mass is 10.1. The second-order valence-electron chi connectivity index (χ2n) is 5.78. The maximum absolute atomic E-state index is 11.0. The molecule has 0 amide bonds. The fourth-order valence-corrected chi connectivity index (χ4v) is 2.36. The number of nitro groups is 1. The summed E-state index contributed by atoms with van der Waals surface area (Å²) in [6, 6.07) is 4.74. The number of nitro benzene ring substituents is 1. The first kappa shape index (κ1) is 14.6. The molecule has 1 saturated heterocycles. The van der Waals surface area contributed by atoms with Crippen molar-refractivity contribution >= 4 is 11.4 Å². The molecule has 1 unspecified atom stereocenters. The van der Waals surface area contributed by atoms with Gasteiger partial charge >= 0.3 is 0 Å². The van der Waals surface area contributed by atoms with E-state index >= 15 is 0 Å². The standard InChI is InChI=1S/C14H20N2O4/c1-10(2)20-13-7-11(6-12(8-13)16(18)19)15-5-4-14(3,17)9-15/h6-8,10,17H,4-5,9H2,1-3H3. The number of aliphatic hydroxyl groups is 1. The van der Waals surface area contributed by atoms with Gasteiger partial charge in [0.25, 0.3) is 5.69 Å². The minimum Gasteiger partial charge on any atom is -0.491 e. The molecule has 0 saturated carbocycles. The smallest absolute Gasteiger partial charge is 0.275 e. The minimum atomic E-state index is -0.746. The Hall–Kier alpha value is -1.82. The maximum Gasteiger partial charge on any atom is 0.275 e. The number of rotatable bonds is 4. The quantitative estimate of drug-likeness (QED) is 0.676. The molecule has 1 heterocycles. The largest absolute Gasteiger partial charge is 0.491 e. The Morgan fingerprint density at radius 1 is 1.45 bits per heavy atom. The van der Waals surface area contributed by atoms with Crippen LogP contribution in [0.2, 0.25) is 0 Å². The van der Waals surface area contributed by atoms with Crippen LogP contribution in [0.15, 0.2) is 18.2 Å². The van der Waals surface area contributed by atoms with E-state index in [0.29, 0.717) is 30.9 Å². The van der Waals surface area contributed by atoms with Crippen molar-refractivity contribution in [1.29, 1.82) is 0 Å². The van der Waals surface area contributed by atoms with E-state index < -0.39 is 10.5 Å². The third-order valence-electron chi connectivity index (χ3n) is 3.28. The van der Waals surface area contributed by atoms with Crippen LogP contribution >= 0.6 is 0 Å². The van der Waals surface area contributed by atoms with Gasteiger partial charge in [-0.15, -0.1) is 0 Å². The van der Waals surface area contributed by atoms with Crippen LogP contribution < -0.4 is 9.64 Å². The van der Waals surface area contributed by atoms with Crippen molar-refractivity contribution in [2.24, 2.45) is 0 Å². The van der Waals surface area contributed by atoms with Crippen molar-refractivity contribution in [3.63, 3.8) is 0 Å². The molecule has 0 aromatic heterocycles. The van der Waals surface area contributed by atoms with E-state index in [0.717, 1.165) is 0 Å². The third-order valence-corrected chi connectivity index (χ3v) is 3.28. The number of β-amino-alcohol motifs (C(OH)–C–C–N with tert-alkyl or cyclic N) is 1. The predicted octanol–water partition coefficient (Wildman–Crippen LogP) is 2.34. The topological polar surface area (TPSA) is 75.8 Å². The van der Waals surface area contributed by atoms with Crippen LogP contribution in [-0.4, -0.2) is 34.8 Å². The molecule has 1 aromatic rings. The van der Waals surface area contributed by atoms with Gasteiger partial charge in [0.15, 0.2) is 0 Å². The van der Waals surface area contributed by atoms with Gasteiger partial charge in [0.05, 0.1) is 22.7 Å². The van der Waals surface area contributed by atoms with Gasteiger partial charge in [-0.1, -0.05) is 0 Å². The summed E-state index contributed by atoms with van der Waals surface area (Å²) in [6.07, 6.45) is 0.599. The SMILES string of the molecule is CC(C)Oc1cc(N2CCC(C)(O)C2)cc([N+](=O)[O-])c1. The molecule has 1 aliphatic rings. The number of hydrogen-bond acceptors (Lipinski definition) is 5. The highest BCUT2D eigenvalue weighted by molar-refractivity contribution is 5.59. The fraction of sp³-hybridized carbons (Fsp3) is 0.571. The van der Waals surface area contributed by atoms with E-state index in [1.807, 2.05) is 18.7 Å². The average Bonchev–Trinajstić information content (AvgIpc) is 2.68. The number of anilines is 1. The average molecular weight is 280 g/mol. The lowest BCUT2D eigenvalue weighted by Gasteiger charge is -2.21. The van der Waals surface area contributed by atoms with Crippen LogP contribution in [0.25, 0.3) is 0 Å². The highest BCUT2D eigenvalue weighted by atomic mass is 16.6. The Labute approximate surface area is 118 Å². The first-order valence-corrected chi connectivity index (χ1v) is 6.70. The van der Waals surface area contributed by atoms with Crippen molar-refractivity contribution in [3.8, 4) is 5.75 Å². The molecule has 1 N–H and O–H groups in total. The Kier molecular flexibility index (Phi) is 3.85. The highest BCUT2D eigenvalue weighted by Gasteiger charge is 2.32. The summed E-state index contributed by atoms with van der Waals surface area (Å²) in [5, 5.41) is 21.0. The van der Waals surface area contributed by atoms with E-state index in [-0.39, 0.29) is 11.8 Å². The molecule has 1 fully saturated rings. The lowest BCUT2D eigenvalue weighted by Crippen LogP contribution is -2.29. The number of benzene rings is 1. The van der Waals surface area contributed by atoms with Crippen LogP contribution in [0.1, 0.15) is 27.2 Å². The van der Waals surface area contributed by atoms with Gasteiger partial charge in [0.1, 0.15) is 5.75 Å². The Morgan fingerprint density at radius 2 is 2.15 bits per heavy atom. The summed E-state index contributed by atoms with van der Waals surface area (Å²) in [5.74, 6) is 0.482. The lowest BCUT2D eigenvalue weighted by molar-refractivity contribution is -0.384. The van der Waals surface area contributed by atoms with Crippen molar-refractivity contribution in [2.45, 2.75) is 38.9 Å². The number of nitrogens with zero attached hydrogens (tertiary/aromatic N) is 2. The molecule has 6 nitrogen and oxygen atoms in total. The molecule has 20 heavy (non-hydrogen) atoms. The molecule has 1 aliphatic heterocycles. The highest BCUT2D eigenvalue weighted by Crippen LogP contribution is 2.33. The summed E-state index contributed by atoms with van der Waals surface area (Å²) in [7, 11) is 0. The number of non-ortho nitro benzene ring substituents is 1. The van der Waals surface area contributed by atoms with Gasteiger partial charge in [0.2, 0.25) is 0 Å². The zero-order chi connectivity index (χ0) is 14.9. The molecular weight excluding hydrogens is 260 g/mol. The Bertz CT molecular complexity index is 514. The van der Waals surface area contributed by atoms with Crippen LogP contribution in [0.3, 0.4) is 0 Å². The monoisotopic (exact) mass is 280 g/mol. The number of hydrogen-bond donors (Lipinski definition) is 1. The Balaban J connectivity index is 2.32. The summed E-state index contributed by atoms with van der Waals surface area (Å²) < 4.78 is 5.56. The fourth-order valence-electron chi connectivity index (χ4n) is 2.36. The molecule has 1 aromatic carbocycles. The molecular formula is C14H20N2O4. The van der Waals surface area contributed by atoms with E-state index in [4.69, 9.17) is 4.74 Å². The Morgan fingerprint density at radius 3 is 2.65 bits per heavy atom. The van der Waals surface area contributed by atoms with Crippen LogP contribution in [0.4, 0.5) is 11.4 Å². The molecule has 110 valence electrons. The van der Waals surface area contributed by atoms with Crippen LogP contribution in [0.5, 0.6) is 5.75 Å². The summed E-state index contributed by atoms with van der Waals surface area (Å²) in [6.45, 7) is 6.67. The van der Waals surface area contributed by atoms with E-state index in [9.17, 15) is 15.2 Å². The van der Waals surface area contributed by atoms with Gasteiger partial charge in [-0.25, -0.2) is 0 Å². The van der Waals surface area contributed by atoms with Crippen molar-refractivity contribution in [3.05, 3.63) is 28.3 Å². The van der Waals surface area contributed by atoms with Gasteiger partial charge in [-0.2, -0.15) is 0 Å². The maximum atomic E-state index is 11.0. The van der Waals surface area contributed by atoms with Gasteiger partial charge in [-0.3, -0.25) is 10.1 Å². The zero-order valence-electron chi connectivity index (χ0n) is 12.0. The molecule has 0 spiro atoms.